The predicted octanol–water partition coefficient (Wildman–Crippen LogP) is 2.02. The van der Waals surface area contributed by atoms with Crippen molar-refractivity contribution in [2.45, 2.75) is 29.6 Å². The van der Waals surface area contributed by atoms with E-state index in [1.807, 2.05) is 38.1 Å². The second-order valence-electron chi connectivity index (χ2n) is 5.76. The van der Waals surface area contributed by atoms with Crippen LogP contribution >= 0.6 is 27.7 Å². The number of nitrogens with one attached hydrogen (secondary N) is 2. The van der Waals surface area contributed by atoms with E-state index in [0.717, 1.165) is 15.9 Å². The molecule has 1 aromatic rings. The van der Waals surface area contributed by atoms with Crippen molar-refractivity contribution in [3.63, 3.8) is 0 Å². The van der Waals surface area contributed by atoms with Crippen LogP contribution in [0.4, 0.5) is 0 Å². The van der Waals surface area contributed by atoms with Crippen LogP contribution in [0.1, 0.15) is 13.8 Å². The Kier molecular flexibility index (Phi) is 5.71. The minimum absolute atomic E-state index is 0.00508. The lowest BCUT2D eigenvalue weighted by molar-refractivity contribution is -0.122. The molecular weight excluding hydrogens is 352 g/mol. The van der Waals surface area contributed by atoms with E-state index in [4.69, 9.17) is 0 Å². The highest BCUT2D eigenvalue weighted by Gasteiger charge is 2.31. The first-order valence-corrected chi connectivity index (χ1v) is 8.61. The van der Waals surface area contributed by atoms with Crippen molar-refractivity contribution in [1.82, 2.24) is 10.6 Å². The number of halogens is 1. The van der Waals surface area contributed by atoms with Crippen molar-refractivity contribution in [2.24, 2.45) is 5.92 Å². The molecule has 4 nitrogen and oxygen atoms in total. The summed E-state index contributed by atoms with van der Waals surface area (Å²) in [6, 6.07) is 7.93. The fraction of sp³-hybridized carbons (Fsp3) is 0.533. The maximum absolute atomic E-state index is 12.4. The van der Waals surface area contributed by atoms with Crippen molar-refractivity contribution < 1.29 is 9.90 Å². The fourth-order valence-electron chi connectivity index (χ4n) is 2.21. The summed E-state index contributed by atoms with van der Waals surface area (Å²) < 4.78 is 0.474. The van der Waals surface area contributed by atoms with Gasteiger partial charge >= 0.3 is 0 Å². The van der Waals surface area contributed by atoms with Gasteiger partial charge in [0.05, 0.1) is 10.9 Å². The predicted molar refractivity (Wildman–Crippen MR) is 89.5 cm³/mol. The molecule has 0 radical (unpaired) electrons. The molecule has 2 rings (SSSR count). The average molecular weight is 373 g/mol. The van der Waals surface area contributed by atoms with Crippen LogP contribution in [-0.4, -0.2) is 41.5 Å². The molecule has 0 aromatic heterocycles. The summed E-state index contributed by atoms with van der Waals surface area (Å²) >= 11 is 4.94. The molecule has 1 aliphatic heterocycles. The number of hydrogen-bond acceptors (Lipinski definition) is 4. The molecular formula is C15H21BrN2O2S. The highest BCUT2D eigenvalue weighted by Crippen LogP contribution is 2.33. The van der Waals surface area contributed by atoms with Gasteiger partial charge in [0.2, 0.25) is 5.91 Å². The standard InChI is InChI=1S/C15H21BrN2O2S/c1-15(2,21-12-5-3-11(16)4-6-12)14(20)18-8-10-7-17-9-13(10)19/h3-6,10,13,17,19H,7-9H2,1-2H3,(H,18,20). The minimum atomic E-state index is -0.551. The van der Waals surface area contributed by atoms with Crippen molar-refractivity contribution in [1.29, 1.82) is 0 Å². The first-order valence-electron chi connectivity index (χ1n) is 7.00. The molecule has 0 saturated carbocycles. The molecule has 1 aromatic carbocycles. The maximum Gasteiger partial charge on any atom is 0.236 e. The van der Waals surface area contributed by atoms with Gasteiger partial charge in [-0.1, -0.05) is 15.9 Å². The number of amides is 1. The lowest BCUT2D eigenvalue weighted by Gasteiger charge is -2.24. The van der Waals surface area contributed by atoms with Crippen LogP contribution in [0.15, 0.2) is 33.6 Å². The zero-order chi connectivity index (χ0) is 15.5. The number of carbonyl (C=O) groups excluding carboxylic acids is 1. The van der Waals surface area contributed by atoms with Gasteiger partial charge in [0.25, 0.3) is 0 Å². The number of rotatable bonds is 5. The molecule has 1 saturated heterocycles. The molecule has 21 heavy (non-hydrogen) atoms. The van der Waals surface area contributed by atoms with E-state index in [2.05, 4.69) is 26.6 Å². The van der Waals surface area contributed by atoms with E-state index >= 15 is 0 Å². The fourth-order valence-corrected chi connectivity index (χ4v) is 3.50. The van der Waals surface area contributed by atoms with Crippen LogP contribution in [-0.2, 0) is 4.79 Å². The van der Waals surface area contributed by atoms with E-state index in [1.165, 1.54) is 11.8 Å². The van der Waals surface area contributed by atoms with Crippen LogP contribution in [0.5, 0.6) is 0 Å². The van der Waals surface area contributed by atoms with Gasteiger partial charge in [0, 0.05) is 34.9 Å². The number of hydrogen-bond donors (Lipinski definition) is 3. The highest BCUT2D eigenvalue weighted by atomic mass is 79.9. The Morgan fingerprint density at radius 2 is 2.10 bits per heavy atom. The zero-order valence-corrected chi connectivity index (χ0v) is 14.6. The molecule has 1 aliphatic rings. The van der Waals surface area contributed by atoms with E-state index in [-0.39, 0.29) is 17.9 Å². The summed E-state index contributed by atoms with van der Waals surface area (Å²) in [6.07, 6.45) is -0.368. The van der Waals surface area contributed by atoms with E-state index in [9.17, 15) is 9.90 Å². The van der Waals surface area contributed by atoms with Gasteiger partial charge < -0.3 is 15.7 Å². The highest BCUT2D eigenvalue weighted by molar-refractivity contribution is 9.10. The van der Waals surface area contributed by atoms with Crippen LogP contribution in [0.2, 0.25) is 0 Å². The van der Waals surface area contributed by atoms with Gasteiger partial charge in [-0.2, -0.15) is 0 Å². The average Bonchev–Trinajstić information content (AvgIpc) is 2.84. The van der Waals surface area contributed by atoms with Gasteiger partial charge in [-0.25, -0.2) is 0 Å². The quantitative estimate of drug-likeness (QED) is 0.692. The zero-order valence-electron chi connectivity index (χ0n) is 12.2. The third kappa shape index (κ3) is 4.71. The molecule has 0 bridgehead atoms. The summed E-state index contributed by atoms with van der Waals surface area (Å²) in [6.45, 7) is 5.70. The van der Waals surface area contributed by atoms with E-state index in [1.54, 1.807) is 0 Å². The van der Waals surface area contributed by atoms with Crippen LogP contribution in [0, 0.1) is 5.92 Å². The Balaban J connectivity index is 1.88. The number of β-amino-alcohol motifs (C(OH)–C–C–N with tert-alkyl or cyclic N) is 1. The molecule has 1 amide bonds. The lowest BCUT2D eigenvalue weighted by atomic mass is 10.1. The number of carbonyl (C=O) groups is 1. The number of benzene rings is 1. The Hall–Kier alpha value is -0.560. The summed E-state index contributed by atoms with van der Waals surface area (Å²) in [5, 5.41) is 15.8. The maximum atomic E-state index is 12.4. The Morgan fingerprint density at radius 1 is 1.43 bits per heavy atom. The van der Waals surface area contributed by atoms with Gasteiger partial charge in [0.1, 0.15) is 0 Å². The summed E-state index contributed by atoms with van der Waals surface area (Å²) in [5.41, 5.74) is 0. The SMILES string of the molecule is CC(C)(Sc1ccc(Br)cc1)C(=O)NCC1CNCC1O. The first kappa shape index (κ1) is 16.8. The lowest BCUT2D eigenvalue weighted by Crippen LogP contribution is -2.43. The molecule has 116 valence electrons. The van der Waals surface area contributed by atoms with Crippen molar-refractivity contribution >= 4 is 33.6 Å². The van der Waals surface area contributed by atoms with Gasteiger partial charge in [0.15, 0.2) is 0 Å². The second kappa shape index (κ2) is 7.13. The molecule has 1 fully saturated rings. The normalized spacial score (nSPS) is 22.3. The van der Waals surface area contributed by atoms with Gasteiger partial charge in [-0.15, -0.1) is 11.8 Å². The molecule has 0 aliphatic carbocycles. The Morgan fingerprint density at radius 3 is 2.67 bits per heavy atom. The molecule has 2 atom stereocenters. The smallest absolute Gasteiger partial charge is 0.236 e. The Labute approximate surface area is 138 Å². The molecule has 6 heteroatoms. The second-order valence-corrected chi connectivity index (χ2v) is 8.37. The summed E-state index contributed by atoms with van der Waals surface area (Å²) in [5.74, 6) is 0.0944. The van der Waals surface area contributed by atoms with Crippen LogP contribution in [0.25, 0.3) is 0 Å². The molecule has 2 unspecified atom stereocenters. The number of aliphatic hydroxyl groups excluding tert-OH is 1. The van der Waals surface area contributed by atoms with Crippen LogP contribution in [0.3, 0.4) is 0 Å². The summed E-state index contributed by atoms with van der Waals surface area (Å²) in [7, 11) is 0. The number of thioether (sulfide) groups is 1. The van der Waals surface area contributed by atoms with Crippen molar-refractivity contribution in [3.05, 3.63) is 28.7 Å². The molecule has 3 N–H and O–H groups in total. The van der Waals surface area contributed by atoms with Crippen LogP contribution < -0.4 is 10.6 Å². The van der Waals surface area contributed by atoms with Crippen molar-refractivity contribution in [3.8, 4) is 0 Å². The monoisotopic (exact) mass is 372 g/mol. The minimum Gasteiger partial charge on any atom is -0.391 e. The molecule has 0 spiro atoms. The number of aliphatic hydroxyl groups is 1. The van der Waals surface area contributed by atoms with E-state index in [0.29, 0.717) is 13.1 Å². The topological polar surface area (TPSA) is 61.4 Å². The van der Waals surface area contributed by atoms with Gasteiger partial charge in [-0.3, -0.25) is 4.79 Å². The first-order chi connectivity index (χ1) is 9.88. The third-order valence-electron chi connectivity index (χ3n) is 3.56. The van der Waals surface area contributed by atoms with E-state index < -0.39 is 4.75 Å². The summed E-state index contributed by atoms with van der Waals surface area (Å²) in [4.78, 5) is 13.4. The Bertz CT molecular complexity index is 493. The van der Waals surface area contributed by atoms with Gasteiger partial charge in [-0.05, 0) is 38.1 Å². The molecule has 1 heterocycles. The third-order valence-corrected chi connectivity index (χ3v) is 5.29. The largest absolute Gasteiger partial charge is 0.391 e. The van der Waals surface area contributed by atoms with Crippen molar-refractivity contribution in [2.75, 3.05) is 19.6 Å².